The van der Waals surface area contributed by atoms with Gasteiger partial charge in [-0.3, -0.25) is 0 Å². The molecule has 1 aliphatic heterocycles. The maximum Gasteiger partial charge on any atom is 0.127 e. The largest absolute Gasteiger partial charge is 0.497 e. The lowest BCUT2D eigenvalue weighted by molar-refractivity contribution is 0.0130. The molecule has 1 fully saturated rings. The van der Waals surface area contributed by atoms with Crippen molar-refractivity contribution in [2.24, 2.45) is 0 Å². The highest BCUT2D eigenvalue weighted by Crippen LogP contribution is 2.25. The molecular formula is C15H23NO3. The minimum atomic E-state index is 0.351. The molecule has 19 heavy (non-hydrogen) atoms. The van der Waals surface area contributed by atoms with E-state index in [1.54, 1.807) is 14.2 Å². The second-order valence-corrected chi connectivity index (χ2v) is 4.96. The normalized spacial score (nSPS) is 23.1. The Morgan fingerprint density at radius 1 is 1.32 bits per heavy atom. The minimum Gasteiger partial charge on any atom is -0.497 e. The van der Waals surface area contributed by atoms with Crippen LogP contribution >= 0.6 is 0 Å². The van der Waals surface area contributed by atoms with Crippen LogP contribution in [0.5, 0.6) is 11.5 Å². The van der Waals surface area contributed by atoms with Gasteiger partial charge in [-0.1, -0.05) is 6.07 Å². The Hall–Kier alpha value is -1.26. The van der Waals surface area contributed by atoms with Crippen molar-refractivity contribution in [2.75, 3.05) is 20.8 Å². The first-order chi connectivity index (χ1) is 9.22. The van der Waals surface area contributed by atoms with Gasteiger partial charge in [0.1, 0.15) is 11.5 Å². The van der Waals surface area contributed by atoms with E-state index in [1.807, 2.05) is 18.2 Å². The number of methoxy groups -OCH3 is 2. The van der Waals surface area contributed by atoms with Crippen molar-refractivity contribution in [3.63, 3.8) is 0 Å². The summed E-state index contributed by atoms with van der Waals surface area (Å²) in [6.07, 6.45) is 2.49. The maximum atomic E-state index is 5.55. The molecule has 1 N–H and O–H groups in total. The van der Waals surface area contributed by atoms with Crippen molar-refractivity contribution in [1.82, 2.24) is 5.32 Å². The first-order valence-corrected chi connectivity index (χ1v) is 6.79. The molecule has 0 aliphatic carbocycles. The highest BCUT2D eigenvalue weighted by atomic mass is 16.5. The van der Waals surface area contributed by atoms with Crippen molar-refractivity contribution >= 4 is 0 Å². The summed E-state index contributed by atoms with van der Waals surface area (Å²) in [6, 6.07) is 6.46. The smallest absolute Gasteiger partial charge is 0.127 e. The van der Waals surface area contributed by atoms with E-state index in [2.05, 4.69) is 12.2 Å². The molecule has 0 radical (unpaired) electrons. The van der Waals surface area contributed by atoms with Gasteiger partial charge in [-0.05, 0) is 25.8 Å². The molecule has 1 aromatic carbocycles. The summed E-state index contributed by atoms with van der Waals surface area (Å²) < 4.78 is 16.2. The minimum absolute atomic E-state index is 0.351. The number of benzene rings is 1. The van der Waals surface area contributed by atoms with Crippen LogP contribution in [0.2, 0.25) is 0 Å². The number of hydrogen-bond donors (Lipinski definition) is 1. The summed E-state index contributed by atoms with van der Waals surface area (Å²) in [7, 11) is 3.35. The summed E-state index contributed by atoms with van der Waals surface area (Å²) >= 11 is 0. The van der Waals surface area contributed by atoms with E-state index in [1.165, 1.54) is 0 Å². The van der Waals surface area contributed by atoms with Gasteiger partial charge in [0.2, 0.25) is 0 Å². The van der Waals surface area contributed by atoms with Gasteiger partial charge in [0.05, 0.1) is 20.3 Å². The van der Waals surface area contributed by atoms with Crippen LogP contribution in [0.15, 0.2) is 18.2 Å². The van der Waals surface area contributed by atoms with E-state index >= 15 is 0 Å². The van der Waals surface area contributed by atoms with Gasteiger partial charge in [0, 0.05) is 30.8 Å². The first kappa shape index (κ1) is 14.2. The lowest BCUT2D eigenvalue weighted by Gasteiger charge is -2.28. The van der Waals surface area contributed by atoms with Gasteiger partial charge in [-0.15, -0.1) is 0 Å². The molecule has 1 saturated heterocycles. The van der Waals surface area contributed by atoms with Crippen molar-refractivity contribution < 1.29 is 14.2 Å². The van der Waals surface area contributed by atoms with E-state index in [9.17, 15) is 0 Å². The fourth-order valence-electron chi connectivity index (χ4n) is 2.44. The van der Waals surface area contributed by atoms with Crippen molar-refractivity contribution in [3.8, 4) is 11.5 Å². The predicted octanol–water partition coefficient (Wildman–Crippen LogP) is 2.36. The third-order valence-electron chi connectivity index (χ3n) is 3.56. The Morgan fingerprint density at radius 3 is 2.84 bits per heavy atom. The van der Waals surface area contributed by atoms with E-state index in [0.717, 1.165) is 43.1 Å². The highest BCUT2D eigenvalue weighted by molar-refractivity contribution is 5.40. The quantitative estimate of drug-likeness (QED) is 0.887. The molecule has 1 heterocycles. The monoisotopic (exact) mass is 265 g/mol. The van der Waals surface area contributed by atoms with Gasteiger partial charge in [-0.25, -0.2) is 0 Å². The third kappa shape index (κ3) is 3.85. The molecule has 0 spiro atoms. The van der Waals surface area contributed by atoms with Gasteiger partial charge in [-0.2, -0.15) is 0 Å². The molecule has 0 bridgehead atoms. The Labute approximate surface area is 115 Å². The average Bonchev–Trinajstić information content (AvgIpc) is 2.45. The van der Waals surface area contributed by atoms with Crippen molar-refractivity contribution in [1.29, 1.82) is 0 Å². The standard InChI is InChI=1S/C15H23NO3/c1-11-8-13(6-7-19-11)16-10-12-4-5-14(17-2)9-15(12)18-3/h4-5,9,11,13,16H,6-8,10H2,1-3H3/t11-,13-/m0/s1. The number of ether oxygens (including phenoxy) is 3. The van der Waals surface area contributed by atoms with Crippen molar-refractivity contribution in [2.45, 2.75) is 38.5 Å². The Bertz CT molecular complexity index is 408. The summed E-state index contributed by atoms with van der Waals surface area (Å²) in [5, 5.41) is 3.58. The molecular weight excluding hydrogens is 242 g/mol. The summed E-state index contributed by atoms with van der Waals surface area (Å²) in [6.45, 7) is 3.78. The molecule has 0 aromatic heterocycles. The Kier molecular flexibility index (Phi) is 5.05. The molecule has 106 valence electrons. The van der Waals surface area contributed by atoms with Crippen molar-refractivity contribution in [3.05, 3.63) is 23.8 Å². The van der Waals surface area contributed by atoms with Gasteiger partial charge in [0.15, 0.2) is 0 Å². The van der Waals surface area contributed by atoms with Crippen LogP contribution in [0.1, 0.15) is 25.3 Å². The number of rotatable bonds is 5. The number of hydrogen-bond acceptors (Lipinski definition) is 4. The molecule has 1 aliphatic rings. The fraction of sp³-hybridized carbons (Fsp3) is 0.600. The Morgan fingerprint density at radius 2 is 2.16 bits per heavy atom. The molecule has 0 unspecified atom stereocenters. The van der Waals surface area contributed by atoms with Gasteiger partial charge in [0.25, 0.3) is 0 Å². The average molecular weight is 265 g/mol. The van der Waals surface area contributed by atoms with Crippen LogP contribution < -0.4 is 14.8 Å². The zero-order valence-corrected chi connectivity index (χ0v) is 11.9. The van der Waals surface area contributed by atoms with Crippen LogP contribution in [0, 0.1) is 0 Å². The highest BCUT2D eigenvalue weighted by Gasteiger charge is 2.19. The second kappa shape index (κ2) is 6.78. The summed E-state index contributed by atoms with van der Waals surface area (Å²) in [5.74, 6) is 1.69. The predicted molar refractivity (Wildman–Crippen MR) is 74.8 cm³/mol. The van der Waals surface area contributed by atoms with Crippen LogP contribution in [-0.4, -0.2) is 33.0 Å². The lowest BCUT2D eigenvalue weighted by Crippen LogP contribution is -2.37. The number of nitrogens with one attached hydrogen (secondary N) is 1. The maximum absolute atomic E-state index is 5.55. The second-order valence-electron chi connectivity index (χ2n) is 4.96. The van der Waals surface area contributed by atoms with Crippen LogP contribution in [-0.2, 0) is 11.3 Å². The summed E-state index contributed by atoms with van der Waals surface area (Å²) in [5.41, 5.74) is 1.16. The molecule has 0 saturated carbocycles. The zero-order valence-electron chi connectivity index (χ0n) is 11.9. The van der Waals surface area contributed by atoms with Crippen LogP contribution in [0.4, 0.5) is 0 Å². The molecule has 2 atom stereocenters. The third-order valence-corrected chi connectivity index (χ3v) is 3.56. The molecule has 4 nitrogen and oxygen atoms in total. The fourth-order valence-corrected chi connectivity index (χ4v) is 2.44. The molecule has 0 amide bonds. The van der Waals surface area contributed by atoms with Crippen LogP contribution in [0.3, 0.4) is 0 Å². The van der Waals surface area contributed by atoms with Gasteiger partial charge >= 0.3 is 0 Å². The van der Waals surface area contributed by atoms with E-state index < -0.39 is 0 Å². The lowest BCUT2D eigenvalue weighted by atomic mass is 10.0. The molecule has 2 rings (SSSR count). The SMILES string of the molecule is COc1ccc(CN[C@H]2CCO[C@@H](C)C2)c(OC)c1. The van der Waals surface area contributed by atoms with Gasteiger partial charge < -0.3 is 19.5 Å². The molecule has 4 heteroatoms. The van der Waals surface area contributed by atoms with E-state index in [0.29, 0.717) is 12.1 Å². The Balaban J connectivity index is 1.95. The summed E-state index contributed by atoms with van der Waals surface area (Å²) in [4.78, 5) is 0. The zero-order chi connectivity index (χ0) is 13.7. The van der Waals surface area contributed by atoms with Crippen LogP contribution in [0.25, 0.3) is 0 Å². The topological polar surface area (TPSA) is 39.7 Å². The van der Waals surface area contributed by atoms with E-state index in [4.69, 9.17) is 14.2 Å². The first-order valence-electron chi connectivity index (χ1n) is 6.79. The molecule has 1 aromatic rings. The van der Waals surface area contributed by atoms with E-state index in [-0.39, 0.29) is 0 Å².